The molecule has 3 aromatic carbocycles. The SMILES string of the molecule is CCCCCCCCCCC[C@H](P)C(c1ccccc1)(c1ccccc1)c1ccccc1. The van der Waals surface area contributed by atoms with E-state index in [4.69, 9.17) is 0 Å². The Morgan fingerprint density at radius 2 is 0.875 bits per heavy atom. The quantitative estimate of drug-likeness (QED) is 0.132. The summed E-state index contributed by atoms with van der Waals surface area (Å²) in [6.45, 7) is 2.29. The lowest BCUT2D eigenvalue weighted by Crippen LogP contribution is -2.38. The fraction of sp³-hybridized carbons (Fsp3) is 0.419. The molecule has 0 aliphatic carbocycles. The molecular formula is C31H41P. The summed E-state index contributed by atoms with van der Waals surface area (Å²) in [5.41, 5.74) is 4.42. The molecule has 0 heterocycles. The Balaban J connectivity index is 1.77. The lowest BCUT2D eigenvalue weighted by atomic mass is 9.66. The van der Waals surface area contributed by atoms with E-state index >= 15 is 0 Å². The summed E-state index contributed by atoms with van der Waals surface area (Å²) in [6.07, 6.45) is 13.6. The Hall–Kier alpha value is -1.91. The van der Waals surface area contributed by atoms with Gasteiger partial charge in [-0.1, -0.05) is 156 Å². The number of rotatable bonds is 14. The van der Waals surface area contributed by atoms with Gasteiger partial charge in [-0.15, -0.1) is 9.24 Å². The Labute approximate surface area is 199 Å². The van der Waals surface area contributed by atoms with E-state index in [9.17, 15) is 0 Å². The third kappa shape index (κ3) is 6.32. The molecule has 1 unspecified atom stereocenters. The van der Waals surface area contributed by atoms with Crippen molar-refractivity contribution in [2.75, 3.05) is 0 Å². The molecule has 0 nitrogen and oxygen atoms in total. The highest BCUT2D eigenvalue weighted by Crippen LogP contribution is 2.46. The molecule has 0 saturated heterocycles. The van der Waals surface area contributed by atoms with Gasteiger partial charge in [-0.05, 0) is 28.8 Å². The van der Waals surface area contributed by atoms with Crippen molar-refractivity contribution in [3.8, 4) is 0 Å². The number of unbranched alkanes of at least 4 members (excludes halogenated alkanes) is 8. The highest BCUT2D eigenvalue weighted by atomic mass is 31.0. The summed E-state index contributed by atoms with van der Waals surface area (Å²) in [7, 11) is 3.25. The van der Waals surface area contributed by atoms with Gasteiger partial charge < -0.3 is 0 Å². The fourth-order valence-corrected chi connectivity index (χ4v) is 5.95. The lowest BCUT2D eigenvalue weighted by Gasteiger charge is -2.41. The Kier molecular flexibility index (Phi) is 10.5. The molecule has 2 atom stereocenters. The summed E-state index contributed by atoms with van der Waals surface area (Å²) in [6, 6.07) is 33.4. The minimum Gasteiger partial charge on any atom is -0.133 e. The molecule has 170 valence electrons. The van der Waals surface area contributed by atoms with Gasteiger partial charge >= 0.3 is 0 Å². The second-order valence-corrected chi connectivity index (χ2v) is 9.93. The van der Waals surface area contributed by atoms with E-state index in [1.807, 2.05) is 0 Å². The molecule has 0 aliphatic rings. The normalized spacial score (nSPS) is 12.6. The van der Waals surface area contributed by atoms with Gasteiger partial charge in [-0.2, -0.15) is 0 Å². The van der Waals surface area contributed by atoms with Crippen molar-refractivity contribution < 1.29 is 0 Å². The van der Waals surface area contributed by atoms with Gasteiger partial charge in [0, 0.05) is 0 Å². The van der Waals surface area contributed by atoms with Crippen LogP contribution in [0.3, 0.4) is 0 Å². The van der Waals surface area contributed by atoms with Gasteiger partial charge in [0.2, 0.25) is 0 Å². The van der Waals surface area contributed by atoms with Gasteiger partial charge in [0.15, 0.2) is 0 Å². The zero-order valence-electron chi connectivity index (χ0n) is 19.9. The molecule has 0 N–H and O–H groups in total. The number of benzene rings is 3. The second-order valence-electron chi connectivity index (χ2n) is 9.13. The molecule has 0 fully saturated rings. The van der Waals surface area contributed by atoms with Crippen molar-refractivity contribution in [1.82, 2.24) is 0 Å². The predicted molar refractivity (Wildman–Crippen MR) is 145 cm³/mol. The van der Waals surface area contributed by atoms with E-state index in [-0.39, 0.29) is 5.41 Å². The smallest absolute Gasteiger partial charge is 0.0513 e. The van der Waals surface area contributed by atoms with Crippen molar-refractivity contribution >= 4 is 9.24 Å². The van der Waals surface area contributed by atoms with Crippen molar-refractivity contribution in [3.63, 3.8) is 0 Å². The topological polar surface area (TPSA) is 0 Å². The first-order valence-corrected chi connectivity index (χ1v) is 13.4. The average molecular weight is 445 g/mol. The molecule has 32 heavy (non-hydrogen) atoms. The van der Waals surface area contributed by atoms with Crippen molar-refractivity contribution in [2.45, 2.75) is 82.2 Å². The van der Waals surface area contributed by atoms with E-state index in [0.717, 1.165) is 0 Å². The van der Waals surface area contributed by atoms with Crippen LogP contribution in [0.4, 0.5) is 0 Å². The molecule has 0 spiro atoms. The Bertz CT molecular complexity index is 760. The number of hydrogen-bond donors (Lipinski definition) is 0. The van der Waals surface area contributed by atoms with Crippen LogP contribution in [0.15, 0.2) is 91.0 Å². The fourth-order valence-electron chi connectivity index (χ4n) is 5.14. The van der Waals surface area contributed by atoms with Crippen molar-refractivity contribution in [3.05, 3.63) is 108 Å². The highest BCUT2D eigenvalue weighted by Gasteiger charge is 2.41. The lowest BCUT2D eigenvalue weighted by molar-refractivity contribution is 0.504. The maximum atomic E-state index is 3.25. The Morgan fingerprint density at radius 1 is 0.531 bits per heavy atom. The monoisotopic (exact) mass is 444 g/mol. The molecule has 0 saturated carbocycles. The first kappa shape index (κ1) is 24.7. The maximum Gasteiger partial charge on any atom is 0.0513 e. The van der Waals surface area contributed by atoms with Crippen LogP contribution in [0, 0.1) is 0 Å². The highest BCUT2D eigenvalue weighted by molar-refractivity contribution is 7.17. The minimum absolute atomic E-state index is 0.158. The molecule has 3 rings (SSSR count). The van der Waals surface area contributed by atoms with Crippen LogP contribution in [0.1, 0.15) is 87.8 Å². The van der Waals surface area contributed by atoms with Gasteiger partial charge in [0.1, 0.15) is 0 Å². The van der Waals surface area contributed by atoms with Crippen LogP contribution in [0.5, 0.6) is 0 Å². The van der Waals surface area contributed by atoms with Crippen LogP contribution in [-0.2, 0) is 5.41 Å². The molecule has 3 aromatic rings. The van der Waals surface area contributed by atoms with E-state index in [1.165, 1.54) is 80.9 Å². The second kappa shape index (κ2) is 13.6. The van der Waals surface area contributed by atoms with Gasteiger partial charge in [0.05, 0.1) is 5.41 Å². The average Bonchev–Trinajstić information content (AvgIpc) is 2.85. The molecule has 0 radical (unpaired) electrons. The van der Waals surface area contributed by atoms with Gasteiger partial charge in [-0.25, -0.2) is 0 Å². The molecule has 1 heteroatoms. The molecule has 0 bridgehead atoms. The first-order chi connectivity index (χ1) is 15.8. The van der Waals surface area contributed by atoms with E-state index < -0.39 is 0 Å². The minimum atomic E-state index is -0.158. The van der Waals surface area contributed by atoms with E-state index in [1.54, 1.807) is 0 Å². The molecule has 0 aromatic heterocycles. The third-order valence-corrected chi connectivity index (χ3v) is 7.70. The Morgan fingerprint density at radius 3 is 1.25 bits per heavy atom. The van der Waals surface area contributed by atoms with Crippen LogP contribution in [0.2, 0.25) is 0 Å². The van der Waals surface area contributed by atoms with E-state index in [0.29, 0.717) is 5.66 Å². The summed E-state index contributed by atoms with van der Waals surface area (Å²) < 4.78 is 0. The summed E-state index contributed by atoms with van der Waals surface area (Å²) in [5.74, 6) is 0. The van der Waals surface area contributed by atoms with Gasteiger partial charge in [0.25, 0.3) is 0 Å². The third-order valence-electron chi connectivity index (χ3n) is 6.86. The summed E-state index contributed by atoms with van der Waals surface area (Å²) in [5, 5.41) is 0. The zero-order chi connectivity index (χ0) is 22.5. The van der Waals surface area contributed by atoms with Crippen LogP contribution in [-0.4, -0.2) is 5.66 Å². The zero-order valence-corrected chi connectivity index (χ0v) is 21.0. The largest absolute Gasteiger partial charge is 0.133 e. The predicted octanol–water partition coefficient (Wildman–Crippen LogP) is 9.19. The van der Waals surface area contributed by atoms with Crippen molar-refractivity contribution in [2.24, 2.45) is 0 Å². The summed E-state index contributed by atoms with van der Waals surface area (Å²) in [4.78, 5) is 0. The molecule has 0 amide bonds. The van der Waals surface area contributed by atoms with Crippen LogP contribution in [0.25, 0.3) is 0 Å². The van der Waals surface area contributed by atoms with Crippen LogP contribution < -0.4 is 0 Å². The number of hydrogen-bond acceptors (Lipinski definition) is 0. The maximum absolute atomic E-state index is 3.25. The van der Waals surface area contributed by atoms with E-state index in [2.05, 4.69) is 107 Å². The molecule has 0 aliphatic heterocycles. The first-order valence-electron chi connectivity index (χ1n) is 12.7. The van der Waals surface area contributed by atoms with Crippen molar-refractivity contribution in [1.29, 1.82) is 0 Å². The molecular weight excluding hydrogens is 403 g/mol. The van der Waals surface area contributed by atoms with Crippen LogP contribution >= 0.6 is 9.24 Å². The van der Waals surface area contributed by atoms with Gasteiger partial charge in [-0.3, -0.25) is 0 Å². The summed E-state index contributed by atoms with van der Waals surface area (Å²) >= 11 is 0. The standard InChI is InChI=1S/C31H41P/c1-2-3-4-5-6-7-8-9-19-26-30(32)31(27-20-13-10-14-21-27,28-22-15-11-16-23-28)29-24-17-12-18-25-29/h10-18,20-25,30H,2-9,19,26,32H2,1H3/t30-/m0/s1.